The van der Waals surface area contributed by atoms with Gasteiger partial charge in [-0.25, -0.2) is 4.79 Å². The Bertz CT molecular complexity index is 825. The number of amides is 1. The van der Waals surface area contributed by atoms with E-state index in [4.69, 9.17) is 9.47 Å². The van der Waals surface area contributed by atoms with Gasteiger partial charge < -0.3 is 19.4 Å². The van der Waals surface area contributed by atoms with Gasteiger partial charge in [0.15, 0.2) is 5.54 Å². The molecule has 1 atom stereocenters. The standard InChI is InChI=1S/C17H18N2O4/c1-22-10-3-4-11-12-6-8-19-14(20)5-7-17(19,16(21)23-2)15(12)18-13(11)9-10/h3-4,9,18H,5-8H2,1-2H3. The van der Waals surface area contributed by atoms with E-state index in [1.54, 1.807) is 12.0 Å². The summed E-state index contributed by atoms with van der Waals surface area (Å²) in [6, 6.07) is 5.83. The average Bonchev–Trinajstić information content (AvgIpc) is 3.12. The number of nitrogens with zero attached hydrogens (tertiary/aromatic N) is 1. The molecule has 0 spiro atoms. The number of methoxy groups -OCH3 is 2. The van der Waals surface area contributed by atoms with Crippen LogP contribution in [-0.4, -0.2) is 42.5 Å². The van der Waals surface area contributed by atoms with Crippen molar-refractivity contribution in [3.05, 3.63) is 29.5 Å². The molecule has 1 saturated heterocycles. The van der Waals surface area contributed by atoms with Crippen molar-refractivity contribution in [3.63, 3.8) is 0 Å². The summed E-state index contributed by atoms with van der Waals surface area (Å²) < 4.78 is 10.3. The van der Waals surface area contributed by atoms with E-state index < -0.39 is 5.54 Å². The topological polar surface area (TPSA) is 71.6 Å². The lowest BCUT2D eigenvalue weighted by molar-refractivity contribution is -0.159. The number of nitrogens with one attached hydrogen (secondary N) is 1. The summed E-state index contributed by atoms with van der Waals surface area (Å²) in [5.74, 6) is 0.391. The normalized spacial score (nSPS) is 22.9. The molecule has 0 saturated carbocycles. The Balaban J connectivity index is 1.98. The van der Waals surface area contributed by atoms with Crippen LogP contribution in [0.4, 0.5) is 0 Å². The molecule has 1 aromatic carbocycles. The van der Waals surface area contributed by atoms with Crippen LogP contribution in [0.1, 0.15) is 24.1 Å². The molecule has 23 heavy (non-hydrogen) atoms. The highest BCUT2D eigenvalue weighted by atomic mass is 16.5. The molecule has 1 amide bonds. The number of ether oxygens (including phenoxy) is 2. The van der Waals surface area contributed by atoms with Gasteiger partial charge in [-0.1, -0.05) is 0 Å². The number of fused-ring (bicyclic) bond motifs is 5. The van der Waals surface area contributed by atoms with Crippen molar-refractivity contribution in [1.82, 2.24) is 9.88 Å². The molecule has 6 heteroatoms. The summed E-state index contributed by atoms with van der Waals surface area (Å²) >= 11 is 0. The lowest BCUT2D eigenvalue weighted by atomic mass is 9.84. The van der Waals surface area contributed by atoms with Crippen LogP contribution in [-0.2, 0) is 26.3 Å². The van der Waals surface area contributed by atoms with Gasteiger partial charge in [0.25, 0.3) is 0 Å². The highest BCUT2D eigenvalue weighted by molar-refractivity contribution is 5.96. The first-order chi connectivity index (χ1) is 11.1. The van der Waals surface area contributed by atoms with E-state index in [2.05, 4.69) is 4.98 Å². The first-order valence-corrected chi connectivity index (χ1v) is 7.70. The molecule has 2 aromatic rings. The van der Waals surface area contributed by atoms with E-state index in [1.807, 2.05) is 18.2 Å². The fourth-order valence-electron chi connectivity index (χ4n) is 4.03. The van der Waals surface area contributed by atoms with E-state index >= 15 is 0 Å². The van der Waals surface area contributed by atoms with Gasteiger partial charge in [0.1, 0.15) is 5.75 Å². The van der Waals surface area contributed by atoms with Crippen molar-refractivity contribution >= 4 is 22.8 Å². The summed E-state index contributed by atoms with van der Waals surface area (Å²) in [6.45, 7) is 0.542. The van der Waals surface area contributed by atoms with Crippen LogP contribution in [0.2, 0.25) is 0 Å². The van der Waals surface area contributed by atoms with Crippen LogP contribution in [0.15, 0.2) is 18.2 Å². The predicted octanol–water partition coefficient (Wildman–Crippen LogP) is 1.72. The third-order valence-corrected chi connectivity index (χ3v) is 5.10. The molecular formula is C17H18N2O4. The van der Waals surface area contributed by atoms with Crippen LogP contribution < -0.4 is 4.74 Å². The molecule has 0 bridgehead atoms. The Hall–Kier alpha value is -2.50. The summed E-state index contributed by atoms with van der Waals surface area (Å²) in [5, 5.41) is 1.07. The van der Waals surface area contributed by atoms with Crippen LogP contribution in [0.5, 0.6) is 5.75 Å². The molecule has 1 aromatic heterocycles. The predicted molar refractivity (Wildman–Crippen MR) is 83.2 cm³/mol. The second kappa shape index (κ2) is 4.75. The van der Waals surface area contributed by atoms with E-state index in [0.717, 1.165) is 34.3 Å². The van der Waals surface area contributed by atoms with Crippen molar-refractivity contribution in [2.24, 2.45) is 0 Å². The largest absolute Gasteiger partial charge is 0.497 e. The molecule has 1 unspecified atom stereocenters. The number of hydrogen-bond donors (Lipinski definition) is 1. The van der Waals surface area contributed by atoms with Crippen molar-refractivity contribution in [2.45, 2.75) is 24.8 Å². The zero-order chi connectivity index (χ0) is 16.2. The Morgan fingerprint density at radius 2 is 2.13 bits per heavy atom. The highest BCUT2D eigenvalue weighted by Crippen LogP contribution is 2.46. The van der Waals surface area contributed by atoms with Gasteiger partial charge in [0, 0.05) is 29.9 Å². The van der Waals surface area contributed by atoms with E-state index in [1.165, 1.54) is 7.11 Å². The molecule has 3 heterocycles. The van der Waals surface area contributed by atoms with Gasteiger partial charge in [0.2, 0.25) is 5.91 Å². The van der Waals surface area contributed by atoms with Crippen molar-refractivity contribution in [2.75, 3.05) is 20.8 Å². The molecule has 120 valence electrons. The molecule has 0 aliphatic carbocycles. The van der Waals surface area contributed by atoms with Gasteiger partial charge in [-0.3, -0.25) is 4.79 Å². The molecule has 4 rings (SSSR count). The Labute approximate surface area is 133 Å². The SMILES string of the molecule is COC(=O)C12CCC(=O)N1CCc1c2[nH]c2cc(OC)ccc12. The van der Waals surface area contributed by atoms with E-state index in [-0.39, 0.29) is 11.9 Å². The highest BCUT2D eigenvalue weighted by Gasteiger charge is 2.57. The number of aromatic amines is 1. The van der Waals surface area contributed by atoms with E-state index in [0.29, 0.717) is 19.4 Å². The average molecular weight is 314 g/mol. The number of rotatable bonds is 2. The maximum Gasteiger partial charge on any atom is 0.338 e. The Morgan fingerprint density at radius 1 is 1.30 bits per heavy atom. The van der Waals surface area contributed by atoms with Gasteiger partial charge in [-0.2, -0.15) is 0 Å². The number of hydrogen-bond acceptors (Lipinski definition) is 4. The van der Waals surface area contributed by atoms with Gasteiger partial charge in [-0.15, -0.1) is 0 Å². The number of carbonyl (C=O) groups excluding carboxylic acids is 2. The number of benzene rings is 1. The summed E-state index contributed by atoms with van der Waals surface area (Å²) in [5.41, 5.74) is 1.80. The fourth-order valence-corrected chi connectivity index (χ4v) is 4.03. The quantitative estimate of drug-likeness (QED) is 0.857. The third kappa shape index (κ3) is 1.69. The van der Waals surface area contributed by atoms with Gasteiger partial charge >= 0.3 is 5.97 Å². The summed E-state index contributed by atoms with van der Waals surface area (Å²) in [4.78, 5) is 29.9. The van der Waals surface area contributed by atoms with Crippen molar-refractivity contribution < 1.29 is 19.1 Å². The smallest absolute Gasteiger partial charge is 0.338 e. The third-order valence-electron chi connectivity index (χ3n) is 5.10. The number of H-pyrrole nitrogens is 1. The van der Waals surface area contributed by atoms with Crippen LogP contribution in [0.25, 0.3) is 10.9 Å². The lowest BCUT2D eigenvalue weighted by Crippen LogP contribution is -2.53. The molecule has 1 fully saturated rings. The van der Waals surface area contributed by atoms with Crippen molar-refractivity contribution in [3.8, 4) is 5.75 Å². The number of esters is 1. The van der Waals surface area contributed by atoms with Crippen molar-refractivity contribution in [1.29, 1.82) is 0 Å². The zero-order valence-corrected chi connectivity index (χ0v) is 13.1. The molecule has 0 radical (unpaired) electrons. The Kier molecular flexibility index (Phi) is 2.91. The molecule has 2 aliphatic heterocycles. The van der Waals surface area contributed by atoms with Gasteiger partial charge in [0.05, 0.1) is 19.9 Å². The second-order valence-electron chi connectivity index (χ2n) is 6.04. The number of carbonyl (C=O) groups is 2. The lowest BCUT2D eigenvalue weighted by Gasteiger charge is -2.39. The Morgan fingerprint density at radius 3 is 2.87 bits per heavy atom. The zero-order valence-electron chi connectivity index (χ0n) is 13.1. The first-order valence-electron chi connectivity index (χ1n) is 7.70. The van der Waals surface area contributed by atoms with Crippen LogP contribution in [0.3, 0.4) is 0 Å². The second-order valence-corrected chi connectivity index (χ2v) is 6.04. The number of aromatic nitrogens is 1. The van der Waals surface area contributed by atoms with Crippen LogP contribution >= 0.6 is 0 Å². The van der Waals surface area contributed by atoms with Crippen LogP contribution in [0, 0.1) is 0 Å². The molecule has 1 N–H and O–H groups in total. The molecule has 2 aliphatic rings. The maximum atomic E-state index is 12.6. The summed E-state index contributed by atoms with van der Waals surface area (Å²) in [7, 11) is 3.00. The van der Waals surface area contributed by atoms with E-state index in [9.17, 15) is 9.59 Å². The summed E-state index contributed by atoms with van der Waals surface area (Å²) in [6.07, 6.45) is 1.55. The molecule has 6 nitrogen and oxygen atoms in total. The minimum absolute atomic E-state index is 0.0114. The molecular weight excluding hydrogens is 296 g/mol. The first kappa shape index (κ1) is 14.1. The van der Waals surface area contributed by atoms with Gasteiger partial charge in [-0.05, 0) is 30.5 Å². The fraction of sp³-hybridized carbons (Fsp3) is 0.412. The monoisotopic (exact) mass is 314 g/mol. The maximum absolute atomic E-state index is 12.6. The minimum Gasteiger partial charge on any atom is -0.497 e. The minimum atomic E-state index is -1.01.